The standard InChI is InChI=1S/C10H13BrN2O2S/c1-7(5-14)16-6-10(15)13-9-3-2-8(11)4-12-9/h2-4,7,14H,5-6H2,1H3,(H,12,13,15). The summed E-state index contributed by atoms with van der Waals surface area (Å²) in [6.07, 6.45) is 1.62. The SMILES string of the molecule is CC(CO)SCC(=O)Nc1ccc(Br)cn1. The lowest BCUT2D eigenvalue weighted by Gasteiger charge is -2.07. The van der Waals surface area contributed by atoms with Crippen LogP contribution >= 0.6 is 27.7 Å². The zero-order valence-corrected chi connectivity index (χ0v) is 11.2. The van der Waals surface area contributed by atoms with Crippen LogP contribution < -0.4 is 5.32 Å². The van der Waals surface area contributed by atoms with E-state index in [0.717, 1.165) is 4.47 Å². The molecule has 0 radical (unpaired) electrons. The van der Waals surface area contributed by atoms with E-state index >= 15 is 0 Å². The lowest BCUT2D eigenvalue weighted by molar-refractivity contribution is -0.113. The molecule has 1 aromatic rings. The molecule has 1 aromatic heterocycles. The molecule has 2 N–H and O–H groups in total. The maximum Gasteiger partial charge on any atom is 0.235 e. The molecule has 88 valence electrons. The van der Waals surface area contributed by atoms with Crippen molar-refractivity contribution in [3.63, 3.8) is 0 Å². The number of nitrogens with zero attached hydrogens (tertiary/aromatic N) is 1. The van der Waals surface area contributed by atoms with Crippen LogP contribution in [0.15, 0.2) is 22.8 Å². The molecule has 0 saturated heterocycles. The Bertz CT molecular complexity index is 345. The average molecular weight is 305 g/mol. The fraction of sp³-hybridized carbons (Fsp3) is 0.400. The lowest BCUT2D eigenvalue weighted by Crippen LogP contribution is -2.17. The van der Waals surface area contributed by atoms with Crippen LogP contribution in [0.5, 0.6) is 0 Å². The third-order valence-electron chi connectivity index (χ3n) is 1.75. The molecule has 0 aliphatic rings. The Morgan fingerprint density at radius 1 is 1.69 bits per heavy atom. The number of thioether (sulfide) groups is 1. The number of anilines is 1. The van der Waals surface area contributed by atoms with Gasteiger partial charge in [-0.2, -0.15) is 0 Å². The number of aliphatic hydroxyl groups excluding tert-OH is 1. The van der Waals surface area contributed by atoms with Crippen LogP contribution in [0.4, 0.5) is 5.82 Å². The largest absolute Gasteiger partial charge is 0.395 e. The van der Waals surface area contributed by atoms with Crippen molar-refractivity contribution in [1.82, 2.24) is 4.98 Å². The van der Waals surface area contributed by atoms with Crippen molar-refractivity contribution in [2.45, 2.75) is 12.2 Å². The smallest absolute Gasteiger partial charge is 0.235 e. The number of rotatable bonds is 5. The molecule has 0 saturated carbocycles. The number of carbonyl (C=O) groups excluding carboxylic acids is 1. The van der Waals surface area contributed by atoms with Crippen LogP contribution in [0.2, 0.25) is 0 Å². The van der Waals surface area contributed by atoms with Gasteiger partial charge in [-0.05, 0) is 28.1 Å². The normalized spacial score (nSPS) is 12.2. The monoisotopic (exact) mass is 304 g/mol. The molecule has 4 nitrogen and oxygen atoms in total. The maximum absolute atomic E-state index is 11.5. The van der Waals surface area contributed by atoms with Crippen molar-refractivity contribution >= 4 is 39.4 Å². The highest BCUT2D eigenvalue weighted by Crippen LogP contribution is 2.12. The number of aliphatic hydroxyl groups is 1. The van der Waals surface area contributed by atoms with Gasteiger partial charge in [0.05, 0.1) is 12.4 Å². The van der Waals surface area contributed by atoms with Crippen molar-refractivity contribution in [1.29, 1.82) is 0 Å². The summed E-state index contributed by atoms with van der Waals surface area (Å²) in [4.78, 5) is 15.5. The fourth-order valence-electron chi connectivity index (χ4n) is 0.899. The van der Waals surface area contributed by atoms with Gasteiger partial charge in [-0.1, -0.05) is 6.92 Å². The number of hydrogen-bond donors (Lipinski definition) is 2. The molecule has 0 bridgehead atoms. The molecule has 0 aromatic carbocycles. The van der Waals surface area contributed by atoms with Crippen molar-refractivity contribution in [3.05, 3.63) is 22.8 Å². The average Bonchev–Trinajstić information content (AvgIpc) is 2.29. The van der Waals surface area contributed by atoms with Gasteiger partial charge in [0.15, 0.2) is 0 Å². The van der Waals surface area contributed by atoms with E-state index < -0.39 is 0 Å². The lowest BCUT2D eigenvalue weighted by atomic mass is 10.4. The second-order valence-electron chi connectivity index (χ2n) is 3.21. The molecule has 6 heteroatoms. The zero-order valence-electron chi connectivity index (χ0n) is 8.81. The summed E-state index contributed by atoms with van der Waals surface area (Å²) >= 11 is 4.67. The summed E-state index contributed by atoms with van der Waals surface area (Å²) in [7, 11) is 0. The molecule has 1 atom stereocenters. The first kappa shape index (κ1) is 13.5. The van der Waals surface area contributed by atoms with Crippen LogP contribution in [0, 0.1) is 0 Å². The summed E-state index contributed by atoms with van der Waals surface area (Å²) in [6, 6.07) is 3.54. The van der Waals surface area contributed by atoms with Crippen molar-refractivity contribution < 1.29 is 9.90 Å². The van der Waals surface area contributed by atoms with Gasteiger partial charge in [0, 0.05) is 15.9 Å². The highest BCUT2D eigenvalue weighted by Gasteiger charge is 2.06. The summed E-state index contributed by atoms with van der Waals surface area (Å²) in [5, 5.41) is 11.5. The van der Waals surface area contributed by atoms with E-state index in [2.05, 4.69) is 26.2 Å². The Morgan fingerprint density at radius 2 is 2.44 bits per heavy atom. The second-order valence-corrected chi connectivity index (χ2v) is 5.56. The van der Waals surface area contributed by atoms with Crippen molar-refractivity contribution in [2.24, 2.45) is 0 Å². The predicted octanol–water partition coefficient (Wildman–Crippen LogP) is 1.90. The predicted molar refractivity (Wildman–Crippen MR) is 69.6 cm³/mol. The molecule has 1 amide bonds. The van der Waals surface area contributed by atoms with Crippen molar-refractivity contribution in [3.8, 4) is 0 Å². The first-order valence-electron chi connectivity index (χ1n) is 4.75. The van der Waals surface area contributed by atoms with Crippen LogP contribution in [0.3, 0.4) is 0 Å². The quantitative estimate of drug-likeness (QED) is 0.872. The van der Waals surface area contributed by atoms with Gasteiger partial charge in [-0.15, -0.1) is 11.8 Å². The Kier molecular flexibility index (Phi) is 5.79. The van der Waals surface area contributed by atoms with E-state index in [1.54, 1.807) is 12.3 Å². The number of halogens is 1. The third-order valence-corrected chi connectivity index (χ3v) is 3.37. The van der Waals surface area contributed by atoms with E-state index in [1.165, 1.54) is 11.8 Å². The molecule has 0 aliphatic heterocycles. The summed E-state index contributed by atoms with van der Waals surface area (Å²) in [5.74, 6) is 0.741. The zero-order chi connectivity index (χ0) is 12.0. The number of carbonyl (C=O) groups is 1. The third kappa shape index (κ3) is 4.96. The molecular formula is C10H13BrN2O2S. The van der Waals surface area contributed by atoms with Gasteiger partial charge in [0.25, 0.3) is 0 Å². The first-order chi connectivity index (χ1) is 7.61. The van der Waals surface area contributed by atoms with E-state index in [0.29, 0.717) is 11.6 Å². The Hall–Kier alpha value is -0.590. The number of nitrogens with one attached hydrogen (secondary N) is 1. The number of amides is 1. The van der Waals surface area contributed by atoms with Gasteiger partial charge in [-0.25, -0.2) is 4.98 Å². The highest BCUT2D eigenvalue weighted by molar-refractivity contribution is 9.10. The minimum atomic E-state index is -0.111. The molecule has 16 heavy (non-hydrogen) atoms. The first-order valence-corrected chi connectivity index (χ1v) is 6.60. The molecule has 1 heterocycles. The molecule has 1 unspecified atom stereocenters. The van der Waals surface area contributed by atoms with Gasteiger partial charge in [-0.3, -0.25) is 4.79 Å². The number of hydrogen-bond acceptors (Lipinski definition) is 4. The van der Waals surface area contributed by atoms with Gasteiger partial charge < -0.3 is 10.4 Å². The molecule has 0 spiro atoms. The fourth-order valence-corrected chi connectivity index (χ4v) is 1.75. The van der Waals surface area contributed by atoms with Gasteiger partial charge >= 0.3 is 0 Å². The van der Waals surface area contributed by atoms with Crippen LogP contribution in [-0.2, 0) is 4.79 Å². The van der Waals surface area contributed by atoms with E-state index in [-0.39, 0.29) is 17.8 Å². The Labute approximate surface area is 107 Å². The summed E-state index contributed by atoms with van der Waals surface area (Å²) in [5.41, 5.74) is 0. The summed E-state index contributed by atoms with van der Waals surface area (Å²) < 4.78 is 0.869. The Balaban J connectivity index is 2.37. The van der Waals surface area contributed by atoms with E-state index in [9.17, 15) is 4.79 Å². The van der Waals surface area contributed by atoms with E-state index in [1.807, 2.05) is 13.0 Å². The summed E-state index contributed by atoms with van der Waals surface area (Å²) in [6.45, 7) is 1.95. The minimum Gasteiger partial charge on any atom is -0.395 e. The van der Waals surface area contributed by atoms with Crippen molar-refractivity contribution in [2.75, 3.05) is 17.7 Å². The molecule has 0 fully saturated rings. The second kappa shape index (κ2) is 6.88. The van der Waals surface area contributed by atoms with Gasteiger partial charge in [0.1, 0.15) is 5.82 Å². The van der Waals surface area contributed by atoms with E-state index in [4.69, 9.17) is 5.11 Å². The van der Waals surface area contributed by atoms with Crippen LogP contribution in [0.25, 0.3) is 0 Å². The number of pyridine rings is 1. The molecule has 1 rings (SSSR count). The van der Waals surface area contributed by atoms with Crippen LogP contribution in [0.1, 0.15) is 6.92 Å². The van der Waals surface area contributed by atoms with Gasteiger partial charge in [0.2, 0.25) is 5.91 Å². The minimum absolute atomic E-state index is 0.0728. The number of aromatic nitrogens is 1. The highest BCUT2D eigenvalue weighted by atomic mass is 79.9. The molecular weight excluding hydrogens is 292 g/mol. The molecule has 0 aliphatic carbocycles. The Morgan fingerprint density at radius 3 is 3.00 bits per heavy atom. The topological polar surface area (TPSA) is 62.2 Å². The van der Waals surface area contributed by atoms with Crippen LogP contribution in [-0.4, -0.2) is 33.6 Å². The maximum atomic E-state index is 11.5.